The Kier molecular flexibility index (Phi) is 4.02. The van der Waals surface area contributed by atoms with Crippen molar-refractivity contribution in [1.82, 2.24) is 0 Å². The van der Waals surface area contributed by atoms with Crippen LogP contribution >= 0.6 is 0 Å². The van der Waals surface area contributed by atoms with Crippen LogP contribution < -0.4 is 11.1 Å². The third kappa shape index (κ3) is 2.90. The van der Waals surface area contributed by atoms with Gasteiger partial charge in [0.2, 0.25) is 0 Å². The summed E-state index contributed by atoms with van der Waals surface area (Å²) in [5, 5.41) is 22.4. The Bertz CT molecular complexity index is 354. The maximum absolute atomic E-state index is 10.7. The molecule has 1 aromatic carbocycles. The van der Waals surface area contributed by atoms with Crippen LogP contribution in [-0.2, 0) is 6.61 Å². The van der Waals surface area contributed by atoms with Crippen molar-refractivity contribution in [3.05, 3.63) is 33.9 Å². The maximum Gasteiger partial charge on any atom is 0.292 e. The second-order valence-corrected chi connectivity index (χ2v) is 2.98. The molecule has 1 rings (SSSR count). The first-order valence-corrected chi connectivity index (χ1v) is 4.51. The van der Waals surface area contributed by atoms with E-state index in [9.17, 15) is 10.1 Å². The van der Waals surface area contributed by atoms with Crippen LogP contribution in [-0.4, -0.2) is 23.1 Å². The highest BCUT2D eigenvalue weighted by molar-refractivity contribution is 5.62. The molecule has 1 aromatic rings. The van der Waals surface area contributed by atoms with Gasteiger partial charge in [-0.05, 0) is 17.7 Å². The topological polar surface area (TPSA) is 101 Å². The number of hydrogen-bond donors (Lipinski definition) is 3. The highest BCUT2D eigenvalue weighted by Crippen LogP contribution is 2.25. The van der Waals surface area contributed by atoms with Gasteiger partial charge >= 0.3 is 0 Å². The summed E-state index contributed by atoms with van der Waals surface area (Å²) in [6.07, 6.45) is 0. The van der Waals surface area contributed by atoms with Crippen LogP contribution in [0.2, 0.25) is 0 Å². The Balaban J connectivity index is 2.99. The van der Waals surface area contributed by atoms with Crippen molar-refractivity contribution in [3.63, 3.8) is 0 Å². The van der Waals surface area contributed by atoms with Crippen LogP contribution in [0, 0.1) is 10.1 Å². The van der Waals surface area contributed by atoms with Crippen molar-refractivity contribution in [2.45, 2.75) is 6.61 Å². The first-order chi connectivity index (χ1) is 7.19. The molecule has 0 aliphatic carbocycles. The SMILES string of the molecule is NCCNc1cc(CO)ccc1[N+](=O)[O-]. The van der Waals surface area contributed by atoms with E-state index in [0.29, 0.717) is 24.3 Å². The molecule has 0 radical (unpaired) electrons. The van der Waals surface area contributed by atoms with E-state index in [4.69, 9.17) is 10.8 Å². The number of aliphatic hydroxyl groups excluding tert-OH is 1. The molecule has 0 spiro atoms. The van der Waals surface area contributed by atoms with Crippen molar-refractivity contribution in [3.8, 4) is 0 Å². The molecule has 0 bridgehead atoms. The first kappa shape index (κ1) is 11.4. The zero-order valence-corrected chi connectivity index (χ0v) is 8.14. The van der Waals surface area contributed by atoms with Crippen LogP contribution in [0.25, 0.3) is 0 Å². The zero-order chi connectivity index (χ0) is 11.3. The molecule has 0 aliphatic heterocycles. The lowest BCUT2D eigenvalue weighted by Crippen LogP contribution is -2.14. The highest BCUT2D eigenvalue weighted by Gasteiger charge is 2.13. The van der Waals surface area contributed by atoms with E-state index in [0.717, 1.165) is 0 Å². The second kappa shape index (κ2) is 5.28. The Labute approximate surface area is 86.9 Å². The number of benzene rings is 1. The zero-order valence-electron chi connectivity index (χ0n) is 8.14. The number of nitrogens with zero attached hydrogens (tertiary/aromatic N) is 1. The summed E-state index contributed by atoms with van der Waals surface area (Å²) in [5.41, 5.74) is 6.29. The minimum Gasteiger partial charge on any atom is -0.392 e. The Hall–Kier alpha value is -1.66. The molecular weight excluding hydrogens is 198 g/mol. The molecule has 82 valence electrons. The van der Waals surface area contributed by atoms with Gasteiger partial charge in [0.05, 0.1) is 11.5 Å². The van der Waals surface area contributed by atoms with Gasteiger partial charge in [0, 0.05) is 19.2 Å². The molecule has 4 N–H and O–H groups in total. The highest BCUT2D eigenvalue weighted by atomic mass is 16.6. The number of rotatable bonds is 5. The van der Waals surface area contributed by atoms with Gasteiger partial charge in [0.15, 0.2) is 0 Å². The third-order valence-electron chi connectivity index (χ3n) is 1.90. The standard InChI is InChI=1S/C9H13N3O3/c10-3-4-11-8-5-7(6-13)1-2-9(8)12(14)15/h1-2,5,11,13H,3-4,6,10H2. The fourth-order valence-electron chi connectivity index (χ4n) is 1.19. The molecule has 0 unspecified atom stereocenters. The lowest BCUT2D eigenvalue weighted by molar-refractivity contribution is -0.384. The van der Waals surface area contributed by atoms with E-state index in [1.54, 1.807) is 6.07 Å². The van der Waals surface area contributed by atoms with Gasteiger partial charge in [0.25, 0.3) is 5.69 Å². The average molecular weight is 211 g/mol. The molecular formula is C9H13N3O3. The molecule has 15 heavy (non-hydrogen) atoms. The number of hydrogen-bond acceptors (Lipinski definition) is 5. The summed E-state index contributed by atoms with van der Waals surface area (Å²) in [4.78, 5) is 10.2. The van der Waals surface area contributed by atoms with Crippen LogP contribution in [0.15, 0.2) is 18.2 Å². The molecule has 6 nitrogen and oxygen atoms in total. The van der Waals surface area contributed by atoms with Gasteiger partial charge in [-0.25, -0.2) is 0 Å². The van der Waals surface area contributed by atoms with E-state index in [2.05, 4.69) is 5.32 Å². The lowest BCUT2D eigenvalue weighted by atomic mass is 10.2. The summed E-state index contributed by atoms with van der Waals surface area (Å²) < 4.78 is 0. The number of nitrogens with one attached hydrogen (secondary N) is 1. The van der Waals surface area contributed by atoms with E-state index in [-0.39, 0.29) is 12.3 Å². The molecule has 0 fully saturated rings. The summed E-state index contributed by atoms with van der Waals surface area (Å²) in [5.74, 6) is 0. The predicted octanol–water partition coefficient (Wildman–Crippen LogP) is 0.458. The largest absolute Gasteiger partial charge is 0.392 e. The molecule has 0 amide bonds. The van der Waals surface area contributed by atoms with E-state index in [1.807, 2.05) is 0 Å². The normalized spacial score (nSPS) is 10.0. The molecule has 0 aliphatic rings. The molecule has 0 heterocycles. The summed E-state index contributed by atoms with van der Waals surface area (Å²) in [6.45, 7) is 0.700. The van der Waals surface area contributed by atoms with Gasteiger partial charge < -0.3 is 16.2 Å². The second-order valence-electron chi connectivity index (χ2n) is 2.98. The molecule has 6 heteroatoms. The Morgan fingerprint density at radius 2 is 2.27 bits per heavy atom. The number of nitro groups is 1. The molecule has 0 atom stereocenters. The van der Waals surface area contributed by atoms with Gasteiger partial charge in [0.1, 0.15) is 5.69 Å². The minimum atomic E-state index is -0.472. The van der Waals surface area contributed by atoms with Gasteiger partial charge in [-0.3, -0.25) is 10.1 Å². The van der Waals surface area contributed by atoms with Crippen molar-refractivity contribution in [2.24, 2.45) is 5.73 Å². The fourth-order valence-corrected chi connectivity index (χ4v) is 1.19. The smallest absolute Gasteiger partial charge is 0.292 e. The van der Waals surface area contributed by atoms with Gasteiger partial charge in [-0.15, -0.1) is 0 Å². The van der Waals surface area contributed by atoms with Crippen molar-refractivity contribution < 1.29 is 10.0 Å². The van der Waals surface area contributed by atoms with E-state index < -0.39 is 4.92 Å². The van der Waals surface area contributed by atoms with Crippen LogP contribution in [0.3, 0.4) is 0 Å². The quantitative estimate of drug-likeness (QED) is 0.485. The fraction of sp³-hybridized carbons (Fsp3) is 0.333. The first-order valence-electron chi connectivity index (χ1n) is 4.51. The van der Waals surface area contributed by atoms with Crippen LogP contribution in [0.1, 0.15) is 5.56 Å². The predicted molar refractivity (Wildman–Crippen MR) is 56.6 cm³/mol. The molecule has 0 aromatic heterocycles. The average Bonchev–Trinajstić information content (AvgIpc) is 2.25. The van der Waals surface area contributed by atoms with E-state index >= 15 is 0 Å². The van der Waals surface area contributed by atoms with Gasteiger partial charge in [-0.1, -0.05) is 0 Å². The number of aliphatic hydroxyl groups is 1. The molecule has 0 saturated heterocycles. The van der Waals surface area contributed by atoms with Crippen molar-refractivity contribution in [2.75, 3.05) is 18.4 Å². The molecule has 0 saturated carbocycles. The maximum atomic E-state index is 10.7. The minimum absolute atomic E-state index is 0.0133. The van der Waals surface area contributed by atoms with Crippen LogP contribution in [0.4, 0.5) is 11.4 Å². The van der Waals surface area contributed by atoms with E-state index in [1.165, 1.54) is 12.1 Å². The van der Waals surface area contributed by atoms with Crippen LogP contribution in [0.5, 0.6) is 0 Å². The van der Waals surface area contributed by atoms with Crippen molar-refractivity contribution in [1.29, 1.82) is 0 Å². The number of nitrogens with two attached hydrogens (primary N) is 1. The van der Waals surface area contributed by atoms with Gasteiger partial charge in [-0.2, -0.15) is 0 Å². The number of nitro benzene ring substituents is 1. The number of anilines is 1. The summed E-state index contributed by atoms with van der Waals surface area (Å²) in [6, 6.07) is 4.43. The Morgan fingerprint density at radius 1 is 1.53 bits per heavy atom. The Morgan fingerprint density at radius 3 is 2.80 bits per heavy atom. The summed E-state index contributed by atoms with van der Waals surface area (Å²) in [7, 11) is 0. The third-order valence-corrected chi connectivity index (χ3v) is 1.90. The lowest BCUT2D eigenvalue weighted by Gasteiger charge is -2.06. The summed E-state index contributed by atoms with van der Waals surface area (Å²) >= 11 is 0. The monoisotopic (exact) mass is 211 g/mol. The van der Waals surface area contributed by atoms with Crippen molar-refractivity contribution >= 4 is 11.4 Å².